The Balaban J connectivity index is 2.31. The van der Waals surface area contributed by atoms with Crippen LogP contribution in [0.4, 0.5) is 10.5 Å². The third-order valence-corrected chi connectivity index (χ3v) is 3.46. The normalized spacial score (nSPS) is 12.7. The molecule has 7 nitrogen and oxygen atoms in total. The number of hydrogen-bond donors (Lipinski definition) is 3. The molecule has 0 saturated carbocycles. The summed E-state index contributed by atoms with van der Waals surface area (Å²) in [6.45, 7) is 5.51. The topological polar surface area (TPSA) is 106 Å². The SMILES string of the molecule is COC(=O)C(CN)c1c[nH]c2ccc(NC(=O)OC(C)(C)C)cc12. The average molecular weight is 333 g/mol. The van der Waals surface area contributed by atoms with E-state index in [4.69, 9.17) is 15.2 Å². The summed E-state index contributed by atoms with van der Waals surface area (Å²) in [6, 6.07) is 5.34. The second kappa shape index (κ2) is 6.92. The number of nitrogens with two attached hydrogens (primary N) is 1. The highest BCUT2D eigenvalue weighted by atomic mass is 16.6. The minimum Gasteiger partial charge on any atom is -0.469 e. The molecule has 1 aromatic carbocycles. The number of rotatable bonds is 4. The maximum Gasteiger partial charge on any atom is 0.412 e. The van der Waals surface area contributed by atoms with E-state index < -0.39 is 23.6 Å². The summed E-state index contributed by atoms with van der Waals surface area (Å²) in [5, 5.41) is 3.48. The van der Waals surface area contributed by atoms with Crippen molar-refractivity contribution in [3.8, 4) is 0 Å². The van der Waals surface area contributed by atoms with E-state index in [1.54, 1.807) is 39.1 Å². The molecule has 0 aliphatic heterocycles. The number of methoxy groups -OCH3 is 1. The van der Waals surface area contributed by atoms with E-state index in [1.165, 1.54) is 7.11 Å². The second-order valence-electron chi connectivity index (χ2n) is 6.44. The molecule has 0 saturated heterocycles. The molecule has 1 unspecified atom stereocenters. The van der Waals surface area contributed by atoms with Gasteiger partial charge in [-0.05, 0) is 44.5 Å². The van der Waals surface area contributed by atoms with Gasteiger partial charge in [-0.3, -0.25) is 10.1 Å². The second-order valence-corrected chi connectivity index (χ2v) is 6.44. The van der Waals surface area contributed by atoms with Crippen molar-refractivity contribution in [2.45, 2.75) is 32.3 Å². The van der Waals surface area contributed by atoms with Crippen LogP contribution in [0.15, 0.2) is 24.4 Å². The Morgan fingerprint density at radius 2 is 2.04 bits per heavy atom. The van der Waals surface area contributed by atoms with Gasteiger partial charge in [-0.1, -0.05) is 0 Å². The quantitative estimate of drug-likeness (QED) is 0.746. The zero-order chi connectivity index (χ0) is 17.9. The van der Waals surface area contributed by atoms with Crippen molar-refractivity contribution >= 4 is 28.7 Å². The van der Waals surface area contributed by atoms with Gasteiger partial charge < -0.3 is 20.2 Å². The van der Waals surface area contributed by atoms with Gasteiger partial charge in [0.15, 0.2) is 0 Å². The number of carbonyl (C=O) groups is 2. The molecule has 0 fully saturated rings. The van der Waals surface area contributed by atoms with Crippen LogP contribution in [0.5, 0.6) is 0 Å². The van der Waals surface area contributed by atoms with Crippen LogP contribution in [-0.4, -0.2) is 36.3 Å². The van der Waals surface area contributed by atoms with Gasteiger partial charge in [0.05, 0.1) is 13.0 Å². The molecule has 0 radical (unpaired) electrons. The van der Waals surface area contributed by atoms with Gasteiger partial charge in [-0.15, -0.1) is 0 Å². The van der Waals surface area contributed by atoms with E-state index >= 15 is 0 Å². The van der Waals surface area contributed by atoms with E-state index in [2.05, 4.69) is 10.3 Å². The van der Waals surface area contributed by atoms with Crippen molar-refractivity contribution in [1.82, 2.24) is 4.98 Å². The van der Waals surface area contributed by atoms with Gasteiger partial charge in [0, 0.05) is 29.3 Å². The van der Waals surface area contributed by atoms with Gasteiger partial charge in [0.25, 0.3) is 0 Å². The van der Waals surface area contributed by atoms with E-state index in [9.17, 15) is 9.59 Å². The number of ether oxygens (including phenoxy) is 2. The number of esters is 1. The van der Waals surface area contributed by atoms with E-state index in [-0.39, 0.29) is 6.54 Å². The van der Waals surface area contributed by atoms with Crippen molar-refractivity contribution in [2.75, 3.05) is 19.0 Å². The fraction of sp³-hybridized carbons (Fsp3) is 0.412. The number of benzene rings is 1. The van der Waals surface area contributed by atoms with Gasteiger partial charge in [0.1, 0.15) is 5.60 Å². The zero-order valence-corrected chi connectivity index (χ0v) is 14.3. The lowest BCUT2D eigenvalue weighted by atomic mass is 9.98. The molecule has 1 aromatic heterocycles. The van der Waals surface area contributed by atoms with Crippen LogP contribution in [0, 0.1) is 0 Å². The fourth-order valence-corrected chi connectivity index (χ4v) is 2.42. The molecule has 4 N–H and O–H groups in total. The molecule has 0 aliphatic carbocycles. The highest BCUT2D eigenvalue weighted by Crippen LogP contribution is 2.28. The summed E-state index contributed by atoms with van der Waals surface area (Å²) in [4.78, 5) is 26.9. The molecule has 2 aromatic rings. The van der Waals surface area contributed by atoms with E-state index in [1.807, 2.05) is 6.07 Å². The van der Waals surface area contributed by atoms with Crippen LogP contribution >= 0.6 is 0 Å². The maximum atomic E-state index is 11.9. The molecule has 1 amide bonds. The molecule has 7 heteroatoms. The van der Waals surface area contributed by atoms with E-state index in [0.717, 1.165) is 16.5 Å². The van der Waals surface area contributed by atoms with Crippen LogP contribution < -0.4 is 11.1 Å². The van der Waals surface area contributed by atoms with Gasteiger partial charge in [-0.25, -0.2) is 4.79 Å². The fourth-order valence-electron chi connectivity index (χ4n) is 2.42. The minimum atomic E-state index is -0.580. The third kappa shape index (κ3) is 4.05. The predicted octanol–water partition coefficient (Wildman–Crippen LogP) is 2.73. The molecular formula is C17H23N3O4. The van der Waals surface area contributed by atoms with E-state index in [0.29, 0.717) is 5.69 Å². The number of aromatic nitrogens is 1. The van der Waals surface area contributed by atoms with Gasteiger partial charge in [-0.2, -0.15) is 0 Å². The van der Waals surface area contributed by atoms with Crippen molar-refractivity contribution < 1.29 is 19.1 Å². The van der Waals surface area contributed by atoms with Crippen LogP contribution in [0.1, 0.15) is 32.3 Å². The predicted molar refractivity (Wildman–Crippen MR) is 92.0 cm³/mol. The Kier molecular flexibility index (Phi) is 5.14. The molecule has 1 atom stereocenters. The standard InChI is InChI=1S/C17H23N3O4/c1-17(2,3)24-16(22)20-10-5-6-14-11(7-10)13(9-19-14)12(8-18)15(21)23-4/h5-7,9,12,19H,8,18H2,1-4H3,(H,20,22). The molecule has 2 rings (SSSR count). The van der Waals surface area contributed by atoms with Crippen LogP contribution in [0.3, 0.4) is 0 Å². The zero-order valence-electron chi connectivity index (χ0n) is 14.3. The van der Waals surface area contributed by atoms with Crippen LogP contribution in [0.25, 0.3) is 10.9 Å². The summed E-state index contributed by atoms with van der Waals surface area (Å²) >= 11 is 0. The molecule has 0 spiro atoms. The first-order valence-corrected chi connectivity index (χ1v) is 7.64. The molecule has 0 bridgehead atoms. The Bertz CT molecular complexity index is 746. The number of H-pyrrole nitrogens is 1. The maximum absolute atomic E-state index is 11.9. The number of nitrogens with one attached hydrogen (secondary N) is 2. The summed E-state index contributed by atoms with van der Waals surface area (Å²) in [5.41, 5.74) is 7.27. The Hall–Kier alpha value is -2.54. The first kappa shape index (κ1) is 17.8. The first-order chi connectivity index (χ1) is 11.2. The first-order valence-electron chi connectivity index (χ1n) is 7.64. The average Bonchev–Trinajstić information content (AvgIpc) is 2.89. The largest absolute Gasteiger partial charge is 0.469 e. The molecular weight excluding hydrogens is 310 g/mol. The van der Waals surface area contributed by atoms with Gasteiger partial charge >= 0.3 is 12.1 Å². The number of aromatic amines is 1. The molecule has 0 aliphatic rings. The lowest BCUT2D eigenvalue weighted by Crippen LogP contribution is -2.27. The number of carbonyl (C=O) groups excluding carboxylic acids is 2. The highest BCUT2D eigenvalue weighted by molar-refractivity contribution is 5.94. The molecule has 130 valence electrons. The Morgan fingerprint density at radius 3 is 2.62 bits per heavy atom. The van der Waals surface area contributed by atoms with Crippen LogP contribution in [-0.2, 0) is 14.3 Å². The van der Waals surface area contributed by atoms with Crippen molar-refractivity contribution in [2.24, 2.45) is 5.73 Å². The third-order valence-electron chi connectivity index (χ3n) is 3.46. The van der Waals surface area contributed by atoms with Crippen molar-refractivity contribution in [1.29, 1.82) is 0 Å². The van der Waals surface area contributed by atoms with Crippen LogP contribution in [0.2, 0.25) is 0 Å². The van der Waals surface area contributed by atoms with Gasteiger partial charge in [0.2, 0.25) is 0 Å². The summed E-state index contributed by atoms with van der Waals surface area (Å²) in [5.74, 6) is -0.968. The summed E-state index contributed by atoms with van der Waals surface area (Å²) < 4.78 is 10.0. The highest BCUT2D eigenvalue weighted by Gasteiger charge is 2.23. The lowest BCUT2D eigenvalue weighted by molar-refractivity contribution is -0.142. The Labute approximate surface area is 140 Å². The minimum absolute atomic E-state index is 0.128. The summed E-state index contributed by atoms with van der Waals surface area (Å²) in [7, 11) is 1.33. The number of amides is 1. The smallest absolute Gasteiger partial charge is 0.412 e. The number of hydrogen-bond acceptors (Lipinski definition) is 5. The Morgan fingerprint density at radius 1 is 1.33 bits per heavy atom. The van der Waals surface area contributed by atoms with Crippen molar-refractivity contribution in [3.05, 3.63) is 30.0 Å². The molecule has 24 heavy (non-hydrogen) atoms. The number of fused-ring (bicyclic) bond motifs is 1. The number of anilines is 1. The monoisotopic (exact) mass is 333 g/mol. The summed E-state index contributed by atoms with van der Waals surface area (Å²) in [6.07, 6.45) is 1.19. The molecule has 1 heterocycles. The lowest BCUT2D eigenvalue weighted by Gasteiger charge is -2.19. The van der Waals surface area contributed by atoms with Crippen molar-refractivity contribution in [3.63, 3.8) is 0 Å².